The summed E-state index contributed by atoms with van der Waals surface area (Å²) in [4.78, 5) is 16.5. The van der Waals surface area contributed by atoms with Gasteiger partial charge in [-0.25, -0.2) is 9.82 Å². The van der Waals surface area contributed by atoms with E-state index in [1.54, 1.807) is 13.0 Å². The number of benzene rings is 2. The molecule has 2 aromatic carbocycles. The van der Waals surface area contributed by atoms with E-state index in [1.807, 2.05) is 23.1 Å². The zero-order valence-corrected chi connectivity index (χ0v) is 17.2. The lowest BCUT2D eigenvalue weighted by molar-refractivity contribution is -0.119. The first-order valence-electron chi connectivity index (χ1n) is 10.4. The van der Waals surface area contributed by atoms with Crippen molar-refractivity contribution in [1.29, 1.82) is 0 Å². The molecule has 30 heavy (non-hydrogen) atoms. The minimum atomic E-state index is -0.291. The van der Waals surface area contributed by atoms with Crippen LogP contribution >= 0.6 is 0 Å². The van der Waals surface area contributed by atoms with Crippen LogP contribution in [0.25, 0.3) is 0 Å². The molecule has 0 radical (unpaired) electrons. The van der Waals surface area contributed by atoms with Gasteiger partial charge in [0.15, 0.2) is 0 Å². The van der Waals surface area contributed by atoms with E-state index in [4.69, 9.17) is 4.74 Å². The molecule has 0 aliphatic carbocycles. The summed E-state index contributed by atoms with van der Waals surface area (Å²) in [5.41, 5.74) is 6.78. The number of anilines is 2. The molecule has 1 N–H and O–H groups in total. The second kappa shape index (κ2) is 9.26. The number of hydrogen-bond acceptors (Lipinski definition) is 5. The molecule has 1 amide bonds. The largest absolute Gasteiger partial charge is 0.378 e. The van der Waals surface area contributed by atoms with Gasteiger partial charge in [0, 0.05) is 30.9 Å². The third-order valence-electron chi connectivity index (χ3n) is 5.61. The first kappa shape index (κ1) is 20.3. The van der Waals surface area contributed by atoms with Gasteiger partial charge in [0.2, 0.25) is 0 Å². The third kappa shape index (κ3) is 4.62. The first-order chi connectivity index (χ1) is 14.6. The van der Waals surface area contributed by atoms with Gasteiger partial charge >= 0.3 is 0 Å². The maximum absolute atomic E-state index is 14.6. The van der Waals surface area contributed by atoms with Crippen molar-refractivity contribution in [3.8, 4) is 0 Å². The van der Waals surface area contributed by atoms with Crippen molar-refractivity contribution in [2.45, 2.75) is 19.8 Å². The summed E-state index contributed by atoms with van der Waals surface area (Å²) in [6, 6.07) is 13.2. The Morgan fingerprint density at radius 2 is 1.93 bits per heavy atom. The van der Waals surface area contributed by atoms with Crippen LogP contribution in [0.2, 0.25) is 0 Å². The van der Waals surface area contributed by atoms with Crippen LogP contribution in [0.4, 0.5) is 15.8 Å². The Bertz CT molecular complexity index is 941. The summed E-state index contributed by atoms with van der Waals surface area (Å²) in [7, 11) is 0. The summed E-state index contributed by atoms with van der Waals surface area (Å²) in [6.07, 6.45) is 2.07. The lowest BCUT2D eigenvalue weighted by Crippen LogP contribution is -2.38. The molecule has 2 aliphatic heterocycles. The van der Waals surface area contributed by atoms with Crippen molar-refractivity contribution in [3.05, 3.63) is 59.4 Å². The molecule has 1 saturated heterocycles. The molecular formula is C23H27FN4O2. The van der Waals surface area contributed by atoms with E-state index >= 15 is 0 Å². The average Bonchev–Trinajstić information content (AvgIpc) is 2.78. The number of aryl methyl sites for hydroxylation is 1. The lowest BCUT2D eigenvalue weighted by atomic mass is 10.0. The third-order valence-corrected chi connectivity index (χ3v) is 5.61. The molecular weight excluding hydrogens is 383 g/mol. The number of carbonyl (C=O) groups excluding carboxylic acids is 1. The monoisotopic (exact) mass is 410 g/mol. The van der Waals surface area contributed by atoms with Crippen molar-refractivity contribution >= 4 is 23.0 Å². The van der Waals surface area contributed by atoms with Crippen LogP contribution in [-0.4, -0.2) is 51.0 Å². The standard InChI is InChI=1S/C23H27FN4O2/c1-17(19-8-9-22(20(24)15-19)27-11-13-30-14-12-27)25-26-23(29)16-28-10-4-6-18-5-2-3-7-21(18)28/h2-3,5,7-9,15H,4,6,10-14,16H2,1H3,(H,26,29)/b25-17-. The number of halogens is 1. The summed E-state index contributed by atoms with van der Waals surface area (Å²) < 4.78 is 19.9. The van der Waals surface area contributed by atoms with Gasteiger partial charge < -0.3 is 14.5 Å². The number of para-hydroxylation sites is 1. The Balaban J connectivity index is 1.38. The highest BCUT2D eigenvalue weighted by molar-refractivity contribution is 5.99. The van der Waals surface area contributed by atoms with E-state index in [-0.39, 0.29) is 18.3 Å². The van der Waals surface area contributed by atoms with Crippen LogP contribution < -0.4 is 15.2 Å². The number of carbonyl (C=O) groups is 1. The van der Waals surface area contributed by atoms with Gasteiger partial charge in [-0.3, -0.25) is 4.79 Å². The Morgan fingerprint density at radius 3 is 2.73 bits per heavy atom. The average molecular weight is 410 g/mol. The van der Waals surface area contributed by atoms with Gasteiger partial charge in [-0.1, -0.05) is 24.3 Å². The minimum absolute atomic E-state index is 0.184. The summed E-state index contributed by atoms with van der Waals surface area (Å²) in [5.74, 6) is -0.475. The molecule has 2 aromatic rings. The van der Waals surface area contributed by atoms with Crippen LogP contribution in [0.1, 0.15) is 24.5 Å². The fraction of sp³-hybridized carbons (Fsp3) is 0.391. The highest BCUT2D eigenvalue weighted by atomic mass is 19.1. The van der Waals surface area contributed by atoms with E-state index in [0.29, 0.717) is 43.3 Å². The van der Waals surface area contributed by atoms with Crippen molar-refractivity contribution in [2.24, 2.45) is 5.10 Å². The molecule has 0 aromatic heterocycles. The Morgan fingerprint density at radius 1 is 1.13 bits per heavy atom. The number of nitrogens with one attached hydrogen (secondary N) is 1. The zero-order valence-electron chi connectivity index (χ0n) is 17.2. The van der Waals surface area contributed by atoms with Crippen molar-refractivity contribution < 1.29 is 13.9 Å². The number of nitrogens with zero attached hydrogens (tertiary/aromatic N) is 3. The molecule has 1 fully saturated rings. The lowest BCUT2D eigenvalue weighted by Gasteiger charge is -2.30. The molecule has 2 aliphatic rings. The van der Waals surface area contributed by atoms with Gasteiger partial charge in [0.1, 0.15) is 5.82 Å². The Labute approximate surface area is 176 Å². The fourth-order valence-corrected chi connectivity index (χ4v) is 3.99. The number of ether oxygens (including phenoxy) is 1. The van der Waals surface area contributed by atoms with Crippen molar-refractivity contribution in [1.82, 2.24) is 5.43 Å². The Hall–Kier alpha value is -2.93. The Kier molecular flexibility index (Phi) is 6.28. The highest BCUT2D eigenvalue weighted by Gasteiger charge is 2.19. The zero-order chi connectivity index (χ0) is 20.9. The molecule has 7 heteroatoms. The molecule has 2 heterocycles. The topological polar surface area (TPSA) is 57.2 Å². The number of hydrazone groups is 1. The molecule has 0 unspecified atom stereocenters. The van der Waals surface area contributed by atoms with Crippen molar-refractivity contribution in [2.75, 3.05) is 49.2 Å². The molecule has 158 valence electrons. The SMILES string of the molecule is C/C(=N/NC(=O)CN1CCCc2ccccc21)c1ccc(N2CCOCC2)c(F)c1. The molecule has 0 atom stereocenters. The predicted molar refractivity (Wildman–Crippen MR) is 117 cm³/mol. The minimum Gasteiger partial charge on any atom is -0.378 e. The highest BCUT2D eigenvalue weighted by Crippen LogP contribution is 2.26. The predicted octanol–water partition coefficient (Wildman–Crippen LogP) is 2.96. The van der Waals surface area contributed by atoms with Gasteiger partial charge in [0.05, 0.1) is 31.2 Å². The number of rotatable bonds is 5. The molecule has 6 nitrogen and oxygen atoms in total. The second-order valence-electron chi connectivity index (χ2n) is 7.65. The van der Waals surface area contributed by atoms with E-state index < -0.39 is 0 Å². The quantitative estimate of drug-likeness (QED) is 0.608. The van der Waals surface area contributed by atoms with Crippen LogP contribution in [0.3, 0.4) is 0 Å². The van der Waals surface area contributed by atoms with E-state index in [0.717, 1.165) is 25.1 Å². The van der Waals surface area contributed by atoms with Gasteiger partial charge in [0.25, 0.3) is 5.91 Å². The molecule has 0 bridgehead atoms. The van der Waals surface area contributed by atoms with Gasteiger partial charge in [-0.2, -0.15) is 5.10 Å². The first-order valence-corrected chi connectivity index (χ1v) is 10.4. The van der Waals surface area contributed by atoms with E-state index in [2.05, 4.69) is 27.6 Å². The van der Waals surface area contributed by atoms with Gasteiger partial charge in [-0.15, -0.1) is 0 Å². The van der Waals surface area contributed by atoms with E-state index in [9.17, 15) is 9.18 Å². The number of hydrogen-bond donors (Lipinski definition) is 1. The molecule has 4 rings (SSSR count). The summed E-state index contributed by atoms with van der Waals surface area (Å²) in [6.45, 7) is 5.43. The van der Waals surface area contributed by atoms with Crippen LogP contribution in [0.5, 0.6) is 0 Å². The van der Waals surface area contributed by atoms with Crippen LogP contribution in [-0.2, 0) is 16.0 Å². The molecule has 0 saturated carbocycles. The summed E-state index contributed by atoms with van der Waals surface area (Å²) in [5, 5.41) is 4.19. The molecule has 0 spiro atoms. The van der Waals surface area contributed by atoms with E-state index in [1.165, 1.54) is 11.6 Å². The van der Waals surface area contributed by atoms with Crippen LogP contribution in [0, 0.1) is 5.82 Å². The number of morpholine rings is 1. The summed E-state index contributed by atoms with van der Waals surface area (Å²) >= 11 is 0. The number of fused-ring (bicyclic) bond motifs is 1. The smallest absolute Gasteiger partial charge is 0.259 e. The maximum Gasteiger partial charge on any atom is 0.259 e. The van der Waals surface area contributed by atoms with Gasteiger partial charge in [-0.05, 0) is 43.5 Å². The maximum atomic E-state index is 14.6. The number of amides is 1. The van der Waals surface area contributed by atoms with Crippen molar-refractivity contribution in [3.63, 3.8) is 0 Å². The normalized spacial score (nSPS) is 16.9. The van der Waals surface area contributed by atoms with Crippen LogP contribution in [0.15, 0.2) is 47.6 Å². The fourth-order valence-electron chi connectivity index (χ4n) is 3.99. The second-order valence-corrected chi connectivity index (χ2v) is 7.65.